The van der Waals surface area contributed by atoms with Gasteiger partial charge >= 0.3 is 0 Å². The van der Waals surface area contributed by atoms with Crippen molar-refractivity contribution in [3.63, 3.8) is 0 Å². The fourth-order valence-electron chi connectivity index (χ4n) is 1.67. The van der Waals surface area contributed by atoms with Crippen molar-refractivity contribution in [2.75, 3.05) is 13.0 Å². The molecule has 1 amide bonds. The number of benzene rings is 1. The van der Waals surface area contributed by atoms with E-state index in [9.17, 15) is 4.79 Å². The monoisotopic (exact) mass is 283 g/mol. The van der Waals surface area contributed by atoms with Crippen molar-refractivity contribution in [2.45, 2.75) is 38.6 Å². The molecule has 0 saturated carbocycles. The molecule has 0 bridgehead atoms. The number of rotatable bonds is 7. The molecule has 0 aliphatic heterocycles. The van der Waals surface area contributed by atoms with E-state index in [-0.39, 0.29) is 11.4 Å². The van der Waals surface area contributed by atoms with Crippen LogP contribution in [0.2, 0.25) is 0 Å². The molecular formula is C15H22ClNO2. The molecule has 1 unspecified atom stereocenters. The average molecular weight is 284 g/mol. The molecule has 1 N–H and O–H groups in total. The van der Waals surface area contributed by atoms with Crippen molar-refractivity contribution in [2.24, 2.45) is 0 Å². The lowest BCUT2D eigenvalue weighted by atomic mass is 10.0. The number of ether oxygens (including phenoxy) is 1. The Morgan fingerprint density at radius 1 is 1.37 bits per heavy atom. The third-order valence-corrected chi connectivity index (χ3v) is 3.91. The van der Waals surface area contributed by atoms with Crippen LogP contribution in [-0.2, 0) is 11.2 Å². The number of amides is 1. The Hall–Kier alpha value is -1.22. The van der Waals surface area contributed by atoms with E-state index >= 15 is 0 Å². The Bertz CT molecular complexity index is 399. The molecule has 19 heavy (non-hydrogen) atoms. The summed E-state index contributed by atoms with van der Waals surface area (Å²) >= 11 is 5.87. The van der Waals surface area contributed by atoms with Crippen LogP contribution >= 0.6 is 11.6 Å². The molecule has 0 heterocycles. The minimum Gasteiger partial charge on any atom is -0.497 e. The summed E-state index contributed by atoms with van der Waals surface area (Å²) in [5.41, 5.74) is 0.818. The number of nitrogens with one attached hydrogen (secondary N) is 1. The van der Waals surface area contributed by atoms with Crippen LogP contribution in [0.1, 0.15) is 32.3 Å². The third kappa shape index (κ3) is 5.11. The topological polar surface area (TPSA) is 38.3 Å². The molecule has 1 aromatic rings. The summed E-state index contributed by atoms with van der Waals surface area (Å²) in [6.07, 6.45) is 2.02. The molecule has 0 saturated heterocycles. The third-order valence-electron chi connectivity index (χ3n) is 3.32. The highest BCUT2D eigenvalue weighted by atomic mass is 35.5. The summed E-state index contributed by atoms with van der Waals surface area (Å²) in [5, 5.41) is 2.99. The number of alkyl halides is 1. The SMILES string of the molecule is CCC(C)(CCl)NC(=O)CCc1ccc(OC)cc1. The molecule has 0 spiro atoms. The van der Waals surface area contributed by atoms with Crippen LogP contribution in [-0.4, -0.2) is 24.4 Å². The number of halogens is 1. The van der Waals surface area contributed by atoms with Gasteiger partial charge < -0.3 is 10.1 Å². The van der Waals surface area contributed by atoms with Gasteiger partial charge in [0.2, 0.25) is 5.91 Å². The number of carbonyl (C=O) groups excluding carboxylic acids is 1. The number of hydrogen-bond donors (Lipinski definition) is 1. The van der Waals surface area contributed by atoms with Gasteiger partial charge in [0, 0.05) is 12.3 Å². The highest BCUT2D eigenvalue weighted by Crippen LogP contribution is 2.14. The van der Waals surface area contributed by atoms with Gasteiger partial charge in [-0.25, -0.2) is 0 Å². The summed E-state index contributed by atoms with van der Waals surface area (Å²) in [7, 11) is 1.64. The number of hydrogen-bond acceptors (Lipinski definition) is 2. The second-order valence-electron chi connectivity index (χ2n) is 4.94. The van der Waals surface area contributed by atoms with E-state index in [4.69, 9.17) is 16.3 Å². The van der Waals surface area contributed by atoms with Crippen LogP contribution in [0.3, 0.4) is 0 Å². The van der Waals surface area contributed by atoms with Gasteiger partial charge in [-0.2, -0.15) is 0 Å². The van der Waals surface area contributed by atoms with Crippen LogP contribution in [0.25, 0.3) is 0 Å². The van der Waals surface area contributed by atoms with Crippen molar-refractivity contribution >= 4 is 17.5 Å². The molecule has 0 aliphatic rings. The summed E-state index contributed by atoms with van der Waals surface area (Å²) < 4.78 is 5.10. The maximum Gasteiger partial charge on any atom is 0.220 e. The lowest BCUT2D eigenvalue weighted by Gasteiger charge is -2.27. The fourth-order valence-corrected chi connectivity index (χ4v) is 1.92. The van der Waals surface area contributed by atoms with Crippen LogP contribution in [0.15, 0.2) is 24.3 Å². The predicted octanol–water partition coefficient (Wildman–Crippen LogP) is 3.15. The molecule has 1 atom stereocenters. The van der Waals surface area contributed by atoms with Gasteiger partial charge in [-0.15, -0.1) is 11.6 Å². The standard InChI is InChI=1S/C15H22ClNO2/c1-4-15(2,11-16)17-14(18)10-7-12-5-8-13(19-3)9-6-12/h5-6,8-9H,4,7,10-11H2,1-3H3,(H,17,18). The summed E-state index contributed by atoms with van der Waals surface area (Å²) in [4.78, 5) is 11.9. The summed E-state index contributed by atoms with van der Waals surface area (Å²) in [5.74, 6) is 1.30. The minimum absolute atomic E-state index is 0.0424. The highest BCUT2D eigenvalue weighted by Gasteiger charge is 2.22. The Kier molecular flexibility index (Phi) is 6.16. The van der Waals surface area contributed by atoms with Gasteiger partial charge in [0.15, 0.2) is 0 Å². The zero-order chi connectivity index (χ0) is 14.3. The first-order valence-electron chi connectivity index (χ1n) is 6.53. The molecule has 0 fully saturated rings. The molecular weight excluding hydrogens is 262 g/mol. The molecule has 4 heteroatoms. The van der Waals surface area contributed by atoms with Crippen molar-refractivity contribution in [3.8, 4) is 5.75 Å². The van der Waals surface area contributed by atoms with Crippen LogP contribution < -0.4 is 10.1 Å². The molecule has 0 aliphatic carbocycles. The average Bonchev–Trinajstić information content (AvgIpc) is 2.45. The maximum atomic E-state index is 11.9. The minimum atomic E-state index is -0.307. The zero-order valence-electron chi connectivity index (χ0n) is 11.8. The van der Waals surface area contributed by atoms with E-state index in [1.807, 2.05) is 38.1 Å². The Labute approximate surface area is 120 Å². The molecule has 1 rings (SSSR count). The smallest absolute Gasteiger partial charge is 0.220 e. The molecule has 1 aromatic carbocycles. The molecule has 0 aromatic heterocycles. The van der Waals surface area contributed by atoms with Crippen molar-refractivity contribution in [1.82, 2.24) is 5.32 Å². The van der Waals surface area contributed by atoms with Gasteiger partial charge in [0.05, 0.1) is 12.6 Å². The second kappa shape index (κ2) is 7.39. The van der Waals surface area contributed by atoms with Gasteiger partial charge in [-0.05, 0) is 37.5 Å². The largest absolute Gasteiger partial charge is 0.497 e. The first-order valence-corrected chi connectivity index (χ1v) is 7.06. The molecule has 3 nitrogen and oxygen atoms in total. The van der Waals surface area contributed by atoms with Crippen LogP contribution in [0.5, 0.6) is 5.75 Å². The van der Waals surface area contributed by atoms with E-state index in [1.165, 1.54) is 0 Å². The van der Waals surface area contributed by atoms with Crippen molar-refractivity contribution in [1.29, 1.82) is 0 Å². The van der Waals surface area contributed by atoms with E-state index in [0.29, 0.717) is 12.3 Å². The quantitative estimate of drug-likeness (QED) is 0.781. The van der Waals surface area contributed by atoms with Gasteiger partial charge in [0.1, 0.15) is 5.75 Å². The summed E-state index contributed by atoms with van der Waals surface area (Å²) in [6.45, 7) is 3.98. The number of methoxy groups -OCH3 is 1. The van der Waals surface area contributed by atoms with E-state index < -0.39 is 0 Å². The van der Waals surface area contributed by atoms with Gasteiger partial charge in [-0.3, -0.25) is 4.79 Å². The van der Waals surface area contributed by atoms with Crippen molar-refractivity contribution < 1.29 is 9.53 Å². The molecule has 0 radical (unpaired) electrons. The maximum absolute atomic E-state index is 11.9. The first kappa shape index (κ1) is 15.8. The Morgan fingerprint density at radius 3 is 2.47 bits per heavy atom. The van der Waals surface area contributed by atoms with E-state index in [1.54, 1.807) is 7.11 Å². The zero-order valence-corrected chi connectivity index (χ0v) is 12.6. The van der Waals surface area contributed by atoms with E-state index in [2.05, 4.69) is 5.32 Å². The second-order valence-corrected chi connectivity index (χ2v) is 5.21. The summed E-state index contributed by atoms with van der Waals surface area (Å²) in [6, 6.07) is 7.77. The fraction of sp³-hybridized carbons (Fsp3) is 0.533. The Morgan fingerprint density at radius 2 is 2.00 bits per heavy atom. The van der Waals surface area contributed by atoms with E-state index in [0.717, 1.165) is 24.2 Å². The predicted molar refractivity (Wildman–Crippen MR) is 78.9 cm³/mol. The van der Waals surface area contributed by atoms with Gasteiger partial charge in [-0.1, -0.05) is 19.1 Å². The highest BCUT2D eigenvalue weighted by molar-refractivity contribution is 6.18. The lowest BCUT2D eigenvalue weighted by molar-refractivity contribution is -0.122. The first-order chi connectivity index (χ1) is 9.03. The number of carbonyl (C=O) groups is 1. The lowest BCUT2D eigenvalue weighted by Crippen LogP contribution is -2.47. The molecule has 106 valence electrons. The Balaban J connectivity index is 2.45. The normalized spacial score (nSPS) is 13.7. The van der Waals surface area contributed by atoms with Crippen LogP contribution in [0, 0.1) is 0 Å². The van der Waals surface area contributed by atoms with Gasteiger partial charge in [0.25, 0.3) is 0 Å². The van der Waals surface area contributed by atoms with Crippen LogP contribution in [0.4, 0.5) is 0 Å². The number of aryl methyl sites for hydroxylation is 1. The van der Waals surface area contributed by atoms with Crippen molar-refractivity contribution in [3.05, 3.63) is 29.8 Å².